The third-order valence-electron chi connectivity index (χ3n) is 6.37. The highest BCUT2D eigenvalue weighted by atomic mass is 16.6. The first-order chi connectivity index (χ1) is 16.9. The van der Waals surface area contributed by atoms with Crippen molar-refractivity contribution < 1.29 is 19.2 Å². The summed E-state index contributed by atoms with van der Waals surface area (Å²) in [6.07, 6.45) is 3.14. The molecule has 2 saturated heterocycles. The number of morpholine rings is 1. The first-order valence-corrected chi connectivity index (χ1v) is 11.9. The summed E-state index contributed by atoms with van der Waals surface area (Å²) >= 11 is 0. The molecule has 0 saturated carbocycles. The number of ether oxygens (including phenoxy) is 1. The van der Waals surface area contributed by atoms with E-state index in [1.165, 1.54) is 24.1 Å². The van der Waals surface area contributed by atoms with E-state index in [-0.39, 0.29) is 23.7 Å². The van der Waals surface area contributed by atoms with Crippen molar-refractivity contribution in [3.63, 3.8) is 0 Å². The van der Waals surface area contributed by atoms with Crippen molar-refractivity contribution in [1.29, 1.82) is 0 Å². The zero-order valence-electron chi connectivity index (χ0n) is 19.9. The van der Waals surface area contributed by atoms with Gasteiger partial charge in [0, 0.05) is 56.7 Å². The number of non-ortho nitro benzene ring substituents is 1. The molecule has 0 aliphatic carbocycles. The maximum atomic E-state index is 13.3. The van der Waals surface area contributed by atoms with Gasteiger partial charge in [0.05, 0.1) is 35.9 Å². The Hall–Kier alpha value is -3.66. The van der Waals surface area contributed by atoms with Crippen molar-refractivity contribution >= 4 is 34.6 Å². The quantitative estimate of drug-likeness (QED) is 0.478. The summed E-state index contributed by atoms with van der Waals surface area (Å²) in [6, 6.07) is 11.9. The molecule has 4 rings (SSSR count). The van der Waals surface area contributed by atoms with Gasteiger partial charge >= 0.3 is 0 Å². The molecule has 0 bridgehead atoms. The van der Waals surface area contributed by atoms with Gasteiger partial charge in [-0.15, -0.1) is 0 Å². The van der Waals surface area contributed by atoms with Crippen molar-refractivity contribution in [2.75, 3.05) is 68.1 Å². The minimum atomic E-state index is -0.510. The molecular formula is C25H31N5O5. The normalized spacial score (nSPS) is 16.0. The summed E-state index contributed by atoms with van der Waals surface area (Å²) in [5, 5.41) is 14.2. The van der Waals surface area contributed by atoms with Crippen LogP contribution in [0.4, 0.5) is 22.7 Å². The van der Waals surface area contributed by atoms with E-state index < -0.39 is 10.8 Å². The van der Waals surface area contributed by atoms with E-state index in [2.05, 4.69) is 15.1 Å². The van der Waals surface area contributed by atoms with Gasteiger partial charge in [-0.1, -0.05) is 0 Å². The molecule has 0 unspecified atom stereocenters. The van der Waals surface area contributed by atoms with Gasteiger partial charge in [0.1, 0.15) is 0 Å². The highest BCUT2D eigenvalue weighted by molar-refractivity contribution is 6.03. The first-order valence-electron chi connectivity index (χ1n) is 11.9. The highest BCUT2D eigenvalue weighted by Gasteiger charge is 2.25. The Bertz CT molecular complexity index is 1060. The third-order valence-corrected chi connectivity index (χ3v) is 6.37. The molecule has 1 N–H and O–H groups in total. The minimum absolute atomic E-state index is 0.146. The van der Waals surface area contributed by atoms with Crippen LogP contribution in [0.3, 0.4) is 0 Å². The summed E-state index contributed by atoms with van der Waals surface area (Å²) < 4.78 is 5.38. The fraction of sp³-hybridized carbons (Fsp3) is 0.440. The highest BCUT2D eigenvalue weighted by Crippen LogP contribution is 2.29. The number of carbonyl (C=O) groups excluding carboxylic acids is 2. The average Bonchev–Trinajstić information content (AvgIpc) is 2.89. The number of amides is 2. The van der Waals surface area contributed by atoms with E-state index in [0.717, 1.165) is 51.1 Å². The lowest BCUT2D eigenvalue weighted by atomic mass is 10.1. The number of hydrogen-bond acceptors (Lipinski definition) is 7. The van der Waals surface area contributed by atoms with Crippen LogP contribution in [0.15, 0.2) is 42.5 Å². The molecule has 2 fully saturated rings. The molecule has 0 spiro atoms. The van der Waals surface area contributed by atoms with Crippen LogP contribution in [0.1, 0.15) is 29.6 Å². The fourth-order valence-corrected chi connectivity index (χ4v) is 4.49. The van der Waals surface area contributed by atoms with Gasteiger partial charge in [0.25, 0.3) is 11.6 Å². The summed E-state index contributed by atoms with van der Waals surface area (Å²) in [5.74, 6) is -0.767. The Morgan fingerprint density at radius 1 is 1.00 bits per heavy atom. The number of hydrogen-bond donors (Lipinski definition) is 1. The number of nitro groups is 1. The molecule has 10 heteroatoms. The monoisotopic (exact) mass is 481 g/mol. The molecule has 2 aliphatic rings. The Balaban J connectivity index is 1.42. The lowest BCUT2D eigenvalue weighted by molar-refractivity contribution is -0.384. The van der Waals surface area contributed by atoms with Gasteiger partial charge in [-0.3, -0.25) is 19.7 Å². The zero-order valence-corrected chi connectivity index (χ0v) is 19.9. The van der Waals surface area contributed by atoms with Crippen molar-refractivity contribution in [3.8, 4) is 0 Å². The summed E-state index contributed by atoms with van der Waals surface area (Å²) in [6.45, 7) is 4.47. The van der Waals surface area contributed by atoms with E-state index in [0.29, 0.717) is 24.6 Å². The average molecular weight is 482 g/mol. The van der Waals surface area contributed by atoms with Crippen LogP contribution in [0.2, 0.25) is 0 Å². The second-order valence-electron chi connectivity index (χ2n) is 8.86. The van der Waals surface area contributed by atoms with Crippen LogP contribution in [-0.4, -0.2) is 74.6 Å². The van der Waals surface area contributed by atoms with Crippen LogP contribution in [0.25, 0.3) is 0 Å². The first kappa shape index (κ1) is 24.5. The van der Waals surface area contributed by atoms with Gasteiger partial charge in [-0.05, 0) is 49.6 Å². The second kappa shape index (κ2) is 11.2. The lowest BCUT2D eigenvalue weighted by Gasteiger charge is -2.31. The van der Waals surface area contributed by atoms with Crippen LogP contribution < -0.4 is 15.1 Å². The zero-order chi connectivity index (χ0) is 24.8. The van der Waals surface area contributed by atoms with Crippen LogP contribution in [-0.2, 0) is 9.53 Å². The van der Waals surface area contributed by atoms with Crippen molar-refractivity contribution in [3.05, 3.63) is 58.1 Å². The lowest BCUT2D eigenvalue weighted by Crippen LogP contribution is -2.37. The summed E-state index contributed by atoms with van der Waals surface area (Å²) in [4.78, 5) is 42.4. The largest absolute Gasteiger partial charge is 0.378 e. The number of nitrogens with one attached hydrogen (secondary N) is 1. The van der Waals surface area contributed by atoms with Gasteiger partial charge in [-0.2, -0.15) is 0 Å². The summed E-state index contributed by atoms with van der Waals surface area (Å²) in [7, 11) is 1.53. The van der Waals surface area contributed by atoms with E-state index in [1.54, 1.807) is 6.07 Å². The topological polar surface area (TPSA) is 108 Å². The maximum absolute atomic E-state index is 13.3. The molecule has 2 amide bonds. The maximum Gasteiger partial charge on any atom is 0.270 e. The molecule has 0 aromatic heterocycles. The number of likely N-dealkylation sites (N-methyl/N-ethyl adjacent to an activating group) is 1. The molecule has 2 heterocycles. The van der Waals surface area contributed by atoms with E-state index in [1.807, 2.05) is 24.3 Å². The van der Waals surface area contributed by atoms with Gasteiger partial charge in [-0.25, -0.2) is 0 Å². The number of nitrogens with zero attached hydrogens (tertiary/aromatic N) is 4. The van der Waals surface area contributed by atoms with E-state index in [9.17, 15) is 19.7 Å². The van der Waals surface area contributed by atoms with Crippen molar-refractivity contribution in [1.82, 2.24) is 4.90 Å². The Morgan fingerprint density at radius 2 is 1.69 bits per heavy atom. The van der Waals surface area contributed by atoms with Gasteiger partial charge in [0.15, 0.2) is 0 Å². The molecule has 10 nitrogen and oxygen atoms in total. The second-order valence-corrected chi connectivity index (χ2v) is 8.86. The number of carbonyl (C=O) groups is 2. The molecule has 0 atom stereocenters. The molecular weight excluding hydrogens is 450 g/mol. The van der Waals surface area contributed by atoms with Crippen LogP contribution in [0, 0.1) is 10.1 Å². The third kappa shape index (κ3) is 6.07. The van der Waals surface area contributed by atoms with Crippen LogP contribution in [0.5, 0.6) is 0 Å². The fourth-order valence-electron chi connectivity index (χ4n) is 4.49. The van der Waals surface area contributed by atoms with Crippen LogP contribution >= 0.6 is 0 Å². The summed E-state index contributed by atoms with van der Waals surface area (Å²) in [5.41, 5.74) is 2.47. The van der Waals surface area contributed by atoms with Crippen molar-refractivity contribution in [2.24, 2.45) is 0 Å². The van der Waals surface area contributed by atoms with Crippen molar-refractivity contribution in [2.45, 2.75) is 19.3 Å². The Kier molecular flexibility index (Phi) is 7.81. The number of anilines is 3. The Labute approximate surface area is 204 Å². The predicted molar refractivity (Wildman–Crippen MR) is 134 cm³/mol. The van der Waals surface area contributed by atoms with Gasteiger partial charge in [0.2, 0.25) is 5.91 Å². The number of benzene rings is 2. The standard InChI is InChI=1S/C25H31N5O5/c1-27(18-24(31)26-19-5-7-20(8-6-19)28-13-15-35-16-14-28)25(32)22-17-21(30(33)34)9-10-23(22)29-11-3-2-4-12-29/h5-10,17H,2-4,11-16,18H2,1H3,(H,26,31). The number of piperidine rings is 1. The molecule has 35 heavy (non-hydrogen) atoms. The predicted octanol–water partition coefficient (Wildman–Crippen LogP) is 3.13. The van der Waals surface area contributed by atoms with E-state index >= 15 is 0 Å². The van der Waals surface area contributed by atoms with E-state index in [4.69, 9.17) is 4.74 Å². The SMILES string of the molecule is CN(CC(=O)Nc1ccc(N2CCOCC2)cc1)C(=O)c1cc([N+](=O)[O-])ccc1N1CCCCC1. The number of rotatable bonds is 7. The van der Waals surface area contributed by atoms with Gasteiger partial charge < -0.3 is 24.8 Å². The number of nitro benzene ring substituents is 1. The Morgan fingerprint density at radius 3 is 2.34 bits per heavy atom. The molecule has 2 aliphatic heterocycles. The molecule has 2 aromatic rings. The minimum Gasteiger partial charge on any atom is -0.378 e. The smallest absolute Gasteiger partial charge is 0.270 e. The molecule has 186 valence electrons. The molecule has 2 aromatic carbocycles. The molecule has 0 radical (unpaired) electrons.